The maximum absolute atomic E-state index is 9.88. The van der Waals surface area contributed by atoms with Gasteiger partial charge in [-0.05, 0) is 13.3 Å². The summed E-state index contributed by atoms with van der Waals surface area (Å²) >= 11 is 0. The van der Waals surface area contributed by atoms with Gasteiger partial charge in [-0.15, -0.1) is 0 Å². The van der Waals surface area contributed by atoms with Crippen molar-refractivity contribution in [1.82, 2.24) is 5.32 Å². The van der Waals surface area contributed by atoms with Gasteiger partial charge in [-0.3, -0.25) is 0 Å². The Balaban J connectivity index is 2.84. The van der Waals surface area contributed by atoms with Crippen LogP contribution in [0.15, 0.2) is 0 Å². The topological polar surface area (TPSA) is 58.6 Å². The summed E-state index contributed by atoms with van der Waals surface area (Å²) in [4.78, 5) is 9.88. The summed E-state index contributed by atoms with van der Waals surface area (Å²) in [5.41, 5.74) is 0. The van der Waals surface area contributed by atoms with E-state index >= 15 is 0 Å². The summed E-state index contributed by atoms with van der Waals surface area (Å²) in [6.07, 6.45) is -0.239. The number of nitrogens with one attached hydrogen (secondary N) is 1. The van der Waals surface area contributed by atoms with Gasteiger partial charge in [0.1, 0.15) is 0 Å². The molecule has 0 fully saturated rings. The molecule has 4 nitrogen and oxygen atoms in total. The molecular weight excluding hydrogens is 134 g/mol. The first-order valence-electron chi connectivity index (χ1n) is 3.32. The molecule has 0 saturated heterocycles. The second kappa shape index (κ2) is 6.35. The van der Waals surface area contributed by atoms with Crippen LogP contribution in [0, 0.1) is 0 Å². The third-order valence-corrected chi connectivity index (χ3v) is 0.946. The van der Waals surface area contributed by atoms with E-state index < -0.39 is 6.09 Å². The average molecular weight is 147 g/mol. The highest BCUT2D eigenvalue weighted by Gasteiger charge is 1.91. The van der Waals surface area contributed by atoms with Gasteiger partial charge in [-0.1, -0.05) is 0 Å². The highest BCUT2D eigenvalue weighted by molar-refractivity contribution is 5.64. The molecule has 0 aromatic carbocycles. The van der Waals surface area contributed by atoms with Crippen molar-refractivity contribution in [2.75, 3.05) is 19.8 Å². The van der Waals surface area contributed by atoms with E-state index in [1.807, 2.05) is 6.92 Å². The molecule has 60 valence electrons. The van der Waals surface area contributed by atoms with Gasteiger partial charge in [-0.2, -0.15) is 0 Å². The van der Waals surface area contributed by atoms with Crippen molar-refractivity contribution in [2.24, 2.45) is 0 Å². The van der Waals surface area contributed by atoms with Crippen LogP contribution in [0.4, 0.5) is 4.79 Å². The van der Waals surface area contributed by atoms with Crippen LogP contribution in [0.1, 0.15) is 13.3 Å². The van der Waals surface area contributed by atoms with Crippen molar-refractivity contribution >= 4 is 6.09 Å². The van der Waals surface area contributed by atoms with Gasteiger partial charge >= 0.3 is 6.09 Å². The van der Waals surface area contributed by atoms with Gasteiger partial charge in [0.25, 0.3) is 0 Å². The lowest BCUT2D eigenvalue weighted by Gasteiger charge is -2.00. The smallest absolute Gasteiger partial charge is 0.404 e. The predicted octanol–water partition coefficient (Wildman–Crippen LogP) is 0.681. The molecule has 1 amide bonds. The standard InChI is InChI=1S/C6H13NO3/c1-2-10-5-3-4-7-6(8)9/h7H,2-5H2,1H3,(H,8,9). The SMILES string of the molecule is CCOCCCNC(=O)O. The van der Waals surface area contributed by atoms with Crippen molar-refractivity contribution in [3.05, 3.63) is 0 Å². The van der Waals surface area contributed by atoms with Crippen molar-refractivity contribution in [3.8, 4) is 0 Å². The van der Waals surface area contributed by atoms with Crippen molar-refractivity contribution in [1.29, 1.82) is 0 Å². The lowest BCUT2D eigenvalue weighted by molar-refractivity contribution is 0.143. The molecule has 0 aromatic heterocycles. The molecule has 0 bridgehead atoms. The quantitative estimate of drug-likeness (QED) is 0.562. The third-order valence-electron chi connectivity index (χ3n) is 0.946. The average Bonchev–Trinajstić information content (AvgIpc) is 1.87. The number of carbonyl (C=O) groups is 1. The summed E-state index contributed by atoms with van der Waals surface area (Å²) in [7, 11) is 0. The summed E-state index contributed by atoms with van der Waals surface area (Å²) in [5.74, 6) is 0. The van der Waals surface area contributed by atoms with Gasteiger partial charge < -0.3 is 15.2 Å². The zero-order valence-electron chi connectivity index (χ0n) is 6.09. The van der Waals surface area contributed by atoms with E-state index in [4.69, 9.17) is 9.84 Å². The second-order valence-corrected chi connectivity index (χ2v) is 1.78. The van der Waals surface area contributed by atoms with E-state index in [9.17, 15) is 4.79 Å². The van der Waals surface area contributed by atoms with E-state index in [0.717, 1.165) is 6.42 Å². The molecule has 0 heterocycles. The number of rotatable bonds is 5. The molecule has 0 unspecified atom stereocenters. The number of amides is 1. The second-order valence-electron chi connectivity index (χ2n) is 1.78. The maximum atomic E-state index is 9.88. The zero-order valence-corrected chi connectivity index (χ0v) is 6.09. The monoisotopic (exact) mass is 147 g/mol. The summed E-state index contributed by atoms with van der Waals surface area (Å²) in [5, 5.41) is 10.4. The first-order valence-corrected chi connectivity index (χ1v) is 3.32. The van der Waals surface area contributed by atoms with Crippen molar-refractivity contribution in [3.63, 3.8) is 0 Å². The van der Waals surface area contributed by atoms with Crippen LogP contribution in [0.3, 0.4) is 0 Å². The number of ether oxygens (including phenoxy) is 1. The van der Waals surface area contributed by atoms with E-state index in [1.165, 1.54) is 0 Å². The Morgan fingerprint density at radius 1 is 1.70 bits per heavy atom. The molecule has 0 saturated carbocycles. The zero-order chi connectivity index (χ0) is 7.82. The minimum absolute atomic E-state index is 0.468. The van der Waals surface area contributed by atoms with Crippen molar-refractivity contribution < 1.29 is 14.6 Å². The van der Waals surface area contributed by atoms with Crippen LogP contribution in [0.2, 0.25) is 0 Å². The fourth-order valence-corrected chi connectivity index (χ4v) is 0.514. The van der Waals surface area contributed by atoms with Gasteiger partial charge in [0, 0.05) is 19.8 Å². The Labute approximate surface area is 60.2 Å². The lowest BCUT2D eigenvalue weighted by Crippen LogP contribution is -2.22. The van der Waals surface area contributed by atoms with Gasteiger partial charge in [0.05, 0.1) is 0 Å². The van der Waals surface area contributed by atoms with Crippen LogP contribution < -0.4 is 5.32 Å². The van der Waals surface area contributed by atoms with Crippen LogP contribution in [-0.2, 0) is 4.74 Å². The largest absolute Gasteiger partial charge is 0.465 e. The van der Waals surface area contributed by atoms with Crippen LogP contribution in [-0.4, -0.2) is 31.0 Å². The molecule has 0 aliphatic rings. The van der Waals surface area contributed by atoms with Gasteiger partial charge in [0.15, 0.2) is 0 Å². The fourth-order valence-electron chi connectivity index (χ4n) is 0.514. The highest BCUT2D eigenvalue weighted by Crippen LogP contribution is 1.79. The molecule has 0 atom stereocenters. The summed E-state index contributed by atoms with van der Waals surface area (Å²) in [6.45, 7) is 3.68. The minimum atomic E-state index is -0.975. The maximum Gasteiger partial charge on any atom is 0.404 e. The Morgan fingerprint density at radius 2 is 2.40 bits per heavy atom. The lowest BCUT2D eigenvalue weighted by atomic mass is 10.4. The Kier molecular flexibility index (Phi) is 5.86. The molecule has 0 aromatic rings. The Bertz CT molecular complexity index is 95.0. The number of hydrogen-bond donors (Lipinski definition) is 2. The predicted molar refractivity (Wildman–Crippen MR) is 37.1 cm³/mol. The Hall–Kier alpha value is -0.770. The van der Waals surface area contributed by atoms with Crippen LogP contribution >= 0.6 is 0 Å². The molecule has 0 spiro atoms. The molecule has 0 aliphatic heterocycles. The third kappa shape index (κ3) is 7.23. The molecule has 0 rings (SSSR count). The highest BCUT2D eigenvalue weighted by atomic mass is 16.5. The van der Waals surface area contributed by atoms with Gasteiger partial charge in [-0.25, -0.2) is 4.79 Å². The summed E-state index contributed by atoms with van der Waals surface area (Å²) < 4.78 is 4.98. The minimum Gasteiger partial charge on any atom is -0.465 e. The first-order chi connectivity index (χ1) is 4.77. The van der Waals surface area contributed by atoms with E-state index in [1.54, 1.807) is 0 Å². The molecule has 0 radical (unpaired) electrons. The van der Waals surface area contributed by atoms with E-state index in [2.05, 4.69) is 5.32 Å². The fraction of sp³-hybridized carbons (Fsp3) is 0.833. The normalized spacial score (nSPS) is 9.30. The van der Waals surface area contributed by atoms with Crippen molar-refractivity contribution in [2.45, 2.75) is 13.3 Å². The molecule has 0 aliphatic carbocycles. The summed E-state index contributed by atoms with van der Waals surface area (Å²) in [6, 6.07) is 0. The molecular formula is C6H13NO3. The van der Waals surface area contributed by atoms with Gasteiger partial charge in [0.2, 0.25) is 0 Å². The Morgan fingerprint density at radius 3 is 2.90 bits per heavy atom. The molecule has 4 heteroatoms. The number of carboxylic acid groups (broad SMARTS) is 1. The van der Waals surface area contributed by atoms with E-state index in [-0.39, 0.29) is 0 Å². The first kappa shape index (κ1) is 9.23. The molecule has 10 heavy (non-hydrogen) atoms. The van der Waals surface area contributed by atoms with E-state index in [0.29, 0.717) is 19.8 Å². The van der Waals surface area contributed by atoms with Crippen LogP contribution in [0.5, 0.6) is 0 Å². The van der Waals surface area contributed by atoms with Crippen LogP contribution in [0.25, 0.3) is 0 Å². The number of hydrogen-bond acceptors (Lipinski definition) is 2. The molecule has 2 N–H and O–H groups in total.